The Kier molecular flexibility index (Phi) is 6.33. The Morgan fingerprint density at radius 3 is 2.26 bits per heavy atom. The molecule has 3 rings (SSSR count). The van der Waals surface area contributed by atoms with Gasteiger partial charge in [-0.3, -0.25) is 4.79 Å². The zero-order chi connectivity index (χ0) is 19.2. The van der Waals surface area contributed by atoms with Gasteiger partial charge in [-0.15, -0.1) is 0 Å². The summed E-state index contributed by atoms with van der Waals surface area (Å²) in [5.74, 6) is 0.00148. The summed E-state index contributed by atoms with van der Waals surface area (Å²) in [6, 6.07) is 7.75. The van der Waals surface area contributed by atoms with Gasteiger partial charge >= 0.3 is 6.03 Å². The average Bonchev–Trinajstić information content (AvgIpc) is 2.68. The molecule has 6 heteroatoms. The molecule has 0 atom stereocenters. The van der Waals surface area contributed by atoms with Gasteiger partial charge in [0.1, 0.15) is 0 Å². The van der Waals surface area contributed by atoms with E-state index in [1.54, 1.807) is 25.1 Å². The van der Waals surface area contributed by atoms with Gasteiger partial charge in [-0.05, 0) is 50.8 Å². The Balaban J connectivity index is 1.55. The summed E-state index contributed by atoms with van der Waals surface area (Å²) >= 11 is 0. The molecule has 2 fully saturated rings. The fraction of sp³-hybridized carbons (Fsp3) is 0.571. The topological polar surface area (TPSA) is 85.2 Å². The minimum atomic E-state index is -0.0590. The maximum absolute atomic E-state index is 12.2. The molecular weight excluding hydrogens is 340 g/mol. The molecule has 27 heavy (non-hydrogen) atoms. The fourth-order valence-electron chi connectivity index (χ4n) is 4.08. The van der Waals surface area contributed by atoms with Gasteiger partial charge in [0.2, 0.25) is 0 Å². The number of nitriles is 1. The minimum Gasteiger partial charge on any atom is -0.371 e. The predicted octanol–water partition coefficient (Wildman–Crippen LogP) is 3.36. The summed E-state index contributed by atoms with van der Waals surface area (Å²) in [6.07, 6.45) is 7.48. The van der Waals surface area contributed by atoms with Crippen molar-refractivity contribution in [2.75, 3.05) is 18.0 Å². The highest BCUT2D eigenvalue weighted by Gasteiger charge is 2.24. The van der Waals surface area contributed by atoms with Crippen molar-refractivity contribution in [1.82, 2.24) is 10.6 Å². The van der Waals surface area contributed by atoms with Gasteiger partial charge in [0.15, 0.2) is 5.78 Å². The quantitative estimate of drug-likeness (QED) is 0.798. The van der Waals surface area contributed by atoms with Crippen LogP contribution in [0.15, 0.2) is 18.2 Å². The number of urea groups is 1. The van der Waals surface area contributed by atoms with Crippen LogP contribution in [0.2, 0.25) is 0 Å². The third-order valence-electron chi connectivity index (χ3n) is 5.62. The number of anilines is 1. The molecule has 0 aromatic heterocycles. The Hall–Kier alpha value is -2.55. The van der Waals surface area contributed by atoms with Crippen LogP contribution in [0.4, 0.5) is 10.5 Å². The van der Waals surface area contributed by atoms with Gasteiger partial charge in [0.05, 0.1) is 11.6 Å². The predicted molar refractivity (Wildman–Crippen MR) is 105 cm³/mol. The van der Waals surface area contributed by atoms with E-state index in [9.17, 15) is 9.59 Å². The molecule has 2 aliphatic rings. The van der Waals surface area contributed by atoms with Crippen molar-refractivity contribution in [2.45, 2.75) is 64.0 Å². The van der Waals surface area contributed by atoms with Crippen LogP contribution in [-0.2, 0) is 0 Å². The fourth-order valence-corrected chi connectivity index (χ4v) is 4.08. The number of ketones is 1. The van der Waals surface area contributed by atoms with Crippen LogP contribution < -0.4 is 15.5 Å². The Morgan fingerprint density at radius 1 is 1.04 bits per heavy atom. The van der Waals surface area contributed by atoms with Gasteiger partial charge in [-0.25, -0.2) is 4.79 Å². The van der Waals surface area contributed by atoms with E-state index in [4.69, 9.17) is 5.26 Å². The van der Waals surface area contributed by atoms with E-state index in [-0.39, 0.29) is 17.9 Å². The minimum absolute atomic E-state index is 0.00148. The molecule has 2 N–H and O–H groups in total. The number of nitrogens with zero attached hydrogens (tertiary/aromatic N) is 2. The number of piperidine rings is 1. The molecule has 0 bridgehead atoms. The van der Waals surface area contributed by atoms with E-state index >= 15 is 0 Å². The SMILES string of the molecule is CC(=O)c1ccc(C#N)cc1N1CCC(NC(=O)NC2CCCCC2)CC1. The number of amides is 2. The van der Waals surface area contributed by atoms with Crippen molar-refractivity contribution < 1.29 is 9.59 Å². The van der Waals surface area contributed by atoms with E-state index in [0.717, 1.165) is 44.5 Å². The van der Waals surface area contributed by atoms with Crippen LogP contribution in [0.5, 0.6) is 0 Å². The summed E-state index contributed by atoms with van der Waals surface area (Å²) in [7, 11) is 0. The maximum Gasteiger partial charge on any atom is 0.315 e. The maximum atomic E-state index is 12.2. The molecule has 1 aliphatic carbocycles. The standard InChI is InChI=1S/C21H28N4O2/c1-15(26)19-8-7-16(14-22)13-20(19)25-11-9-18(10-12-25)24-21(27)23-17-5-3-2-4-6-17/h7-8,13,17-18H,2-6,9-12H2,1H3,(H2,23,24,27). The Morgan fingerprint density at radius 2 is 1.67 bits per heavy atom. The third-order valence-corrected chi connectivity index (χ3v) is 5.62. The number of nitrogens with one attached hydrogen (secondary N) is 2. The lowest BCUT2D eigenvalue weighted by Gasteiger charge is -2.35. The normalized spacial score (nSPS) is 18.6. The zero-order valence-corrected chi connectivity index (χ0v) is 16.0. The largest absolute Gasteiger partial charge is 0.371 e. The highest BCUT2D eigenvalue weighted by molar-refractivity contribution is 6.00. The van der Waals surface area contributed by atoms with Gasteiger partial charge in [0, 0.05) is 36.4 Å². The zero-order valence-electron chi connectivity index (χ0n) is 16.0. The van der Waals surface area contributed by atoms with Crippen molar-refractivity contribution in [3.05, 3.63) is 29.3 Å². The van der Waals surface area contributed by atoms with Crippen molar-refractivity contribution >= 4 is 17.5 Å². The first-order valence-electron chi connectivity index (χ1n) is 9.94. The molecule has 1 aliphatic heterocycles. The van der Waals surface area contributed by atoms with E-state index in [1.807, 2.05) is 0 Å². The van der Waals surface area contributed by atoms with E-state index < -0.39 is 0 Å². The van der Waals surface area contributed by atoms with E-state index in [2.05, 4.69) is 21.6 Å². The van der Waals surface area contributed by atoms with Crippen LogP contribution in [-0.4, -0.2) is 37.0 Å². The number of benzene rings is 1. The lowest BCUT2D eigenvalue weighted by molar-refractivity contribution is 0.101. The number of carbonyl (C=O) groups excluding carboxylic acids is 2. The number of hydrogen-bond acceptors (Lipinski definition) is 4. The van der Waals surface area contributed by atoms with Crippen LogP contribution in [0.1, 0.15) is 67.8 Å². The van der Waals surface area contributed by atoms with Crippen LogP contribution in [0.3, 0.4) is 0 Å². The van der Waals surface area contributed by atoms with Gasteiger partial charge in [0.25, 0.3) is 0 Å². The first-order valence-corrected chi connectivity index (χ1v) is 9.94. The molecule has 0 unspecified atom stereocenters. The molecule has 2 amide bonds. The molecule has 1 saturated carbocycles. The van der Waals surface area contributed by atoms with Gasteiger partial charge in [-0.1, -0.05) is 19.3 Å². The first-order chi connectivity index (χ1) is 13.1. The van der Waals surface area contributed by atoms with Crippen LogP contribution in [0, 0.1) is 11.3 Å². The van der Waals surface area contributed by atoms with Crippen molar-refractivity contribution in [3.8, 4) is 6.07 Å². The number of rotatable bonds is 4. The number of carbonyl (C=O) groups is 2. The smallest absolute Gasteiger partial charge is 0.315 e. The summed E-state index contributed by atoms with van der Waals surface area (Å²) < 4.78 is 0. The second kappa shape index (κ2) is 8.90. The molecule has 1 saturated heterocycles. The molecule has 144 valence electrons. The monoisotopic (exact) mass is 368 g/mol. The van der Waals surface area contributed by atoms with E-state index in [1.165, 1.54) is 19.3 Å². The third kappa shape index (κ3) is 5.00. The molecule has 0 radical (unpaired) electrons. The Labute approximate surface area is 160 Å². The summed E-state index contributed by atoms with van der Waals surface area (Å²) in [5.41, 5.74) is 2.03. The average molecular weight is 368 g/mol. The van der Waals surface area contributed by atoms with Crippen LogP contribution >= 0.6 is 0 Å². The second-order valence-corrected chi connectivity index (χ2v) is 7.61. The molecule has 1 aromatic carbocycles. The van der Waals surface area contributed by atoms with E-state index in [0.29, 0.717) is 17.2 Å². The van der Waals surface area contributed by atoms with Gasteiger partial charge in [-0.2, -0.15) is 5.26 Å². The van der Waals surface area contributed by atoms with Gasteiger partial charge < -0.3 is 15.5 Å². The van der Waals surface area contributed by atoms with Crippen molar-refractivity contribution in [1.29, 1.82) is 5.26 Å². The van der Waals surface area contributed by atoms with Crippen molar-refractivity contribution in [3.63, 3.8) is 0 Å². The Bertz CT molecular complexity index is 726. The number of Topliss-reactive ketones (excluding diaryl/α,β-unsaturated/α-hetero) is 1. The molecular formula is C21H28N4O2. The first kappa shape index (κ1) is 19.2. The lowest BCUT2D eigenvalue weighted by atomic mass is 9.96. The van der Waals surface area contributed by atoms with Crippen molar-refractivity contribution in [2.24, 2.45) is 0 Å². The molecule has 1 heterocycles. The highest BCUT2D eigenvalue weighted by atomic mass is 16.2. The summed E-state index contributed by atoms with van der Waals surface area (Å²) in [5, 5.41) is 15.4. The van der Waals surface area contributed by atoms with Crippen LogP contribution in [0.25, 0.3) is 0 Å². The second-order valence-electron chi connectivity index (χ2n) is 7.61. The number of hydrogen-bond donors (Lipinski definition) is 2. The lowest BCUT2D eigenvalue weighted by Crippen LogP contribution is -2.50. The molecule has 6 nitrogen and oxygen atoms in total. The molecule has 1 aromatic rings. The summed E-state index contributed by atoms with van der Waals surface area (Å²) in [4.78, 5) is 26.3. The summed E-state index contributed by atoms with van der Waals surface area (Å²) in [6.45, 7) is 3.06. The molecule has 0 spiro atoms. The highest BCUT2D eigenvalue weighted by Crippen LogP contribution is 2.26.